The molecule has 0 spiro atoms. The molecule has 0 fully saturated rings. The smallest absolute Gasteiger partial charge is 0.299 e. The Kier molecular flexibility index (Phi) is 4.31. The number of carbonyl (C=O) groups excluding carboxylic acids is 2. The van der Waals surface area contributed by atoms with Gasteiger partial charge in [-0.2, -0.15) is 0 Å². The first kappa shape index (κ1) is 14.1. The first-order chi connectivity index (χ1) is 9.06. The van der Waals surface area contributed by atoms with E-state index in [4.69, 9.17) is 0 Å². The second kappa shape index (κ2) is 5.79. The first-order valence-corrected chi connectivity index (χ1v) is 6.91. The van der Waals surface area contributed by atoms with E-state index in [2.05, 4.69) is 21.2 Å². The van der Waals surface area contributed by atoms with Gasteiger partial charge in [0.05, 0.1) is 11.3 Å². The van der Waals surface area contributed by atoms with E-state index >= 15 is 0 Å². The van der Waals surface area contributed by atoms with Crippen LogP contribution in [0.3, 0.4) is 0 Å². The monoisotopic (exact) mass is 328 g/mol. The summed E-state index contributed by atoms with van der Waals surface area (Å²) >= 11 is 3.21. The third-order valence-electron chi connectivity index (χ3n) is 2.97. The minimum atomic E-state index is -0.640. The van der Waals surface area contributed by atoms with Crippen LogP contribution in [0, 0.1) is 5.82 Å². The lowest BCUT2D eigenvalue weighted by Crippen LogP contribution is -2.32. The Morgan fingerprint density at radius 1 is 1.37 bits per heavy atom. The molecule has 102 valence electrons. The third-order valence-corrected chi connectivity index (χ3v) is 3.57. The molecule has 1 aliphatic heterocycles. The summed E-state index contributed by atoms with van der Waals surface area (Å²) in [5, 5.41) is 3.15. The zero-order valence-electron chi connectivity index (χ0n) is 10.5. The van der Waals surface area contributed by atoms with E-state index in [0.29, 0.717) is 16.7 Å². The van der Waals surface area contributed by atoms with Crippen LogP contribution in [0.25, 0.3) is 0 Å². The molecule has 2 rings (SSSR count). The number of rotatable bonds is 5. The van der Waals surface area contributed by atoms with E-state index in [1.54, 1.807) is 0 Å². The molecular formula is C13H14BrFN2O2. The number of anilines is 1. The van der Waals surface area contributed by atoms with Gasteiger partial charge in [-0.25, -0.2) is 4.39 Å². The highest BCUT2D eigenvalue weighted by molar-refractivity contribution is 9.10. The molecule has 0 aromatic heterocycles. The molecule has 4 nitrogen and oxygen atoms in total. The van der Waals surface area contributed by atoms with E-state index in [9.17, 15) is 14.0 Å². The molecule has 19 heavy (non-hydrogen) atoms. The maximum atomic E-state index is 13.3. The number of nitrogens with one attached hydrogen (secondary N) is 1. The lowest BCUT2D eigenvalue weighted by molar-refractivity contribution is -0.114. The number of amides is 1. The average Bonchev–Trinajstić information content (AvgIpc) is 2.60. The van der Waals surface area contributed by atoms with Crippen LogP contribution < -0.4 is 10.2 Å². The van der Waals surface area contributed by atoms with Crippen LogP contribution in [0.15, 0.2) is 16.6 Å². The second-order valence-corrected chi connectivity index (χ2v) is 5.13. The molecular weight excluding hydrogens is 315 g/mol. The van der Waals surface area contributed by atoms with Gasteiger partial charge in [0.25, 0.3) is 11.7 Å². The van der Waals surface area contributed by atoms with Crippen LogP contribution in [0.5, 0.6) is 0 Å². The molecule has 0 saturated carbocycles. The molecule has 1 aromatic rings. The Bertz CT molecular complexity index is 534. The largest absolute Gasteiger partial charge is 0.317 e. The number of hydrogen-bond acceptors (Lipinski definition) is 3. The van der Waals surface area contributed by atoms with Gasteiger partial charge in [-0.15, -0.1) is 0 Å². The number of carbonyl (C=O) groups is 2. The third kappa shape index (κ3) is 2.69. The Hall–Kier alpha value is -1.27. The number of hydrogen-bond donors (Lipinski definition) is 1. The molecule has 1 heterocycles. The summed E-state index contributed by atoms with van der Waals surface area (Å²) in [7, 11) is 0. The fourth-order valence-corrected chi connectivity index (χ4v) is 2.75. The van der Waals surface area contributed by atoms with Crippen molar-refractivity contribution >= 4 is 33.3 Å². The first-order valence-electron chi connectivity index (χ1n) is 6.12. The van der Waals surface area contributed by atoms with E-state index in [-0.39, 0.29) is 5.56 Å². The minimum absolute atomic E-state index is 0.139. The highest BCUT2D eigenvalue weighted by atomic mass is 79.9. The number of Topliss-reactive ketones (excluding diaryl/α,β-unsaturated/α-hetero) is 1. The maximum absolute atomic E-state index is 13.3. The molecule has 6 heteroatoms. The number of ketones is 1. The van der Waals surface area contributed by atoms with Crippen LogP contribution >= 0.6 is 15.9 Å². The van der Waals surface area contributed by atoms with E-state index in [0.717, 1.165) is 25.6 Å². The topological polar surface area (TPSA) is 49.4 Å². The fourth-order valence-electron chi connectivity index (χ4n) is 2.11. The highest BCUT2D eigenvalue weighted by Crippen LogP contribution is 2.36. The summed E-state index contributed by atoms with van der Waals surface area (Å²) in [6.45, 7) is 4.06. The van der Waals surface area contributed by atoms with Gasteiger partial charge < -0.3 is 10.2 Å². The molecule has 0 aliphatic carbocycles. The van der Waals surface area contributed by atoms with Crippen molar-refractivity contribution in [1.29, 1.82) is 0 Å². The predicted molar refractivity (Wildman–Crippen MR) is 73.9 cm³/mol. The van der Waals surface area contributed by atoms with Gasteiger partial charge in [-0.3, -0.25) is 9.59 Å². The van der Waals surface area contributed by atoms with Crippen LogP contribution in [0.2, 0.25) is 0 Å². The maximum Gasteiger partial charge on any atom is 0.299 e. The molecule has 1 amide bonds. The number of halogens is 2. The highest BCUT2D eigenvalue weighted by Gasteiger charge is 2.37. The fraction of sp³-hybridized carbons (Fsp3) is 0.385. The summed E-state index contributed by atoms with van der Waals surface area (Å²) < 4.78 is 13.7. The second-order valence-electron chi connectivity index (χ2n) is 4.28. The van der Waals surface area contributed by atoms with Crippen LogP contribution in [0.4, 0.5) is 10.1 Å². The van der Waals surface area contributed by atoms with Gasteiger partial charge in [0.15, 0.2) is 0 Å². The average molecular weight is 329 g/mol. The normalized spacial score (nSPS) is 14.2. The molecule has 1 aliphatic rings. The van der Waals surface area contributed by atoms with E-state index in [1.165, 1.54) is 11.0 Å². The van der Waals surface area contributed by atoms with Crippen LogP contribution in [-0.4, -0.2) is 31.3 Å². The predicted octanol–water partition coefficient (Wildman–Crippen LogP) is 2.12. The Morgan fingerprint density at radius 2 is 2.11 bits per heavy atom. The van der Waals surface area contributed by atoms with Crippen LogP contribution in [0.1, 0.15) is 23.7 Å². The van der Waals surface area contributed by atoms with Gasteiger partial charge in [0.2, 0.25) is 0 Å². The lowest BCUT2D eigenvalue weighted by atomic mass is 10.1. The molecule has 0 bridgehead atoms. The molecule has 0 saturated heterocycles. The van der Waals surface area contributed by atoms with Crippen molar-refractivity contribution in [3.63, 3.8) is 0 Å². The number of nitrogens with zero attached hydrogens (tertiary/aromatic N) is 1. The van der Waals surface area contributed by atoms with E-state index < -0.39 is 17.5 Å². The van der Waals surface area contributed by atoms with Gasteiger partial charge in [-0.1, -0.05) is 6.92 Å². The lowest BCUT2D eigenvalue weighted by Gasteiger charge is -2.17. The summed E-state index contributed by atoms with van der Waals surface area (Å²) in [6.07, 6.45) is 0.732. The van der Waals surface area contributed by atoms with Crippen molar-refractivity contribution < 1.29 is 14.0 Å². The molecule has 1 N–H and O–H groups in total. The van der Waals surface area contributed by atoms with Crippen molar-refractivity contribution in [3.8, 4) is 0 Å². The van der Waals surface area contributed by atoms with Crippen molar-refractivity contribution in [1.82, 2.24) is 5.32 Å². The summed E-state index contributed by atoms with van der Waals surface area (Å²) in [5.41, 5.74) is 0.619. The molecule has 0 radical (unpaired) electrons. The Labute approximate surface area is 119 Å². The zero-order chi connectivity index (χ0) is 14.0. The van der Waals surface area contributed by atoms with Gasteiger partial charge in [0, 0.05) is 11.0 Å². The van der Waals surface area contributed by atoms with Crippen molar-refractivity contribution in [2.75, 3.05) is 24.5 Å². The van der Waals surface area contributed by atoms with Gasteiger partial charge in [-0.05, 0) is 47.6 Å². The summed E-state index contributed by atoms with van der Waals surface area (Å²) in [6, 6.07) is 2.38. The Balaban J connectivity index is 2.23. The Morgan fingerprint density at radius 3 is 2.79 bits per heavy atom. The molecule has 0 atom stereocenters. The van der Waals surface area contributed by atoms with Gasteiger partial charge >= 0.3 is 0 Å². The zero-order valence-corrected chi connectivity index (χ0v) is 12.1. The van der Waals surface area contributed by atoms with Gasteiger partial charge in [0.1, 0.15) is 5.82 Å². The number of benzene rings is 1. The van der Waals surface area contributed by atoms with Crippen molar-refractivity contribution in [2.24, 2.45) is 0 Å². The number of fused-ring (bicyclic) bond motifs is 1. The quantitative estimate of drug-likeness (QED) is 0.665. The summed E-state index contributed by atoms with van der Waals surface area (Å²) in [5.74, 6) is -1.75. The van der Waals surface area contributed by atoms with Crippen molar-refractivity contribution in [3.05, 3.63) is 28.0 Å². The molecule has 1 aromatic carbocycles. The summed E-state index contributed by atoms with van der Waals surface area (Å²) in [4.78, 5) is 25.1. The SMILES string of the molecule is CCNCCCN1C(=O)C(=O)c2cc(F)cc(Br)c21. The van der Waals surface area contributed by atoms with E-state index in [1.807, 2.05) is 6.92 Å². The minimum Gasteiger partial charge on any atom is -0.317 e. The molecule has 0 unspecified atom stereocenters. The van der Waals surface area contributed by atoms with Crippen LogP contribution in [-0.2, 0) is 4.79 Å². The standard InChI is InChI=1S/C13H14BrFN2O2/c1-2-16-4-3-5-17-11-9(12(18)13(17)19)6-8(15)7-10(11)14/h6-7,16H,2-5H2,1H3. The van der Waals surface area contributed by atoms with Crippen molar-refractivity contribution in [2.45, 2.75) is 13.3 Å².